The maximum absolute atomic E-state index is 11.4. The Balaban J connectivity index is 1.93. The van der Waals surface area contributed by atoms with Crippen molar-refractivity contribution in [2.75, 3.05) is 37.7 Å². The number of rotatable bonds is 4. The number of hydrogen-bond acceptors (Lipinski definition) is 5. The third-order valence-electron chi connectivity index (χ3n) is 4.33. The van der Waals surface area contributed by atoms with Crippen LogP contribution in [0.15, 0.2) is 0 Å². The molecule has 2 aliphatic rings. The lowest BCUT2D eigenvalue weighted by Gasteiger charge is -2.34. The van der Waals surface area contributed by atoms with Gasteiger partial charge in [0.15, 0.2) is 9.84 Å². The number of sulfone groups is 1. The van der Waals surface area contributed by atoms with Gasteiger partial charge in [-0.1, -0.05) is 6.92 Å². The molecular formula is C12H24N2O3S. The summed E-state index contributed by atoms with van der Waals surface area (Å²) in [5.74, 6) is 0.577. The van der Waals surface area contributed by atoms with E-state index in [0.29, 0.717) is 19.1 Å². The summed E-state index contributed by atoms with van der Waals surface area (Å²) in [6.07, 6.45) is 2.95. The number of aliphatic hydroxyl groups excluding tert-OH is 1. The molecule has 0 amide bonds. The van der Waals surface area contributed by atoms with E-state index in [-0.39, 0.29) is 23.7 Å². The third-order valence-corrected chi connectivity index (χ3v) is 5.94. The van der Waals surface area contributed by atoms with Crippen molar-refractivity contribution in [3.8, 4) is 0 Å². The Kier molecular flexibility index (Phi) is 4.31. The van der Waals surface area contributed by atoms with Gasteiger partial charge in [0.2, 0.25) is 0 Å². The number of likely N-dealkylation sites (N-methyl/N-ethyl adjacent to an activating group) is 1. The van der Waals surface area contributed by atoms with Crippen molar-refractivity contribution in [1.82, 2.24) is 10.2 Å². The number of aliphatic hydroxyl groups is 1. The molecule has 1 aliphatic carbocycles. The second-order valence-electron chi connectivity index (χ2n) is 5.55. The van der Waals surface area contributed by atoms with E-state index in [2.05, 4.69) is 17.1 Å². The summed E-state index contributed by atoms with van der Waals surface area (Å²) in [6, 6.07) is 0.423. The van der Waals surface area contributed by atoms with Gasteiger partial charge in [0.05, 0.1) is 18.1 Å². The minimum Gasteiger partial charge on any atom is -0.394 e. The molecule has 18 heavy (non-hydrogen) atoms. The van der Waals surface area contributed by atoms with E-state index in [1.807, 2.05) is 0 Å². The van der Waals surface area contributed by atoms with Crippen LogP contribution in [-0.4, -0.2) is 67.8 Å². The Bertz CT molecular complexity index is 371. The largest absolute Gasteiger partial charge is 0.394 e. The Morgan fingerprint density at radius 3 is 2.61 bits per heavy atom. The lowest BCUT2D eigenvalue weighted by Crippen LogP contribution is -2.50. The molecule has 0 aromatic carbocycles. The average Bonchev–Trinajstić information content (AvgIpc) is 2.75. The van der Waals surface area contributed by atoms with Gasteiger partial charge >= 0.3 is 0 Å². The SMILES string of the molecule is CCNC1(CO)CCC(N2CCS(=O)(=O)CC2)C1. The molecule has 1 saturated carbocycles. The molecule has 0 spiro atoms. The molecule has 0 aromatic heterocycles. The molecule has 2 rings (SSSR count). The molecule has 2 atom stereocenters. The minimum atomic E-state index is -2.80. The van der Waals surface area contributed by atoms with Crippen molar-refractivity contribution in [3.63, 3.8) is 0 Å². The summed E-state index contributed by atoms with van der Waals surface area (Å²) in [4.78, 5) is 2.29. The smallest absolute Gasteiger partial charge is 0.152 e. The first-order chi connectivity index (χ1) is 8.50. The number of nitrogens with one attached hydrogen (secondary N) is 1. The van der Waals surface area contributed by atoms with Gasteiger partial charge < -0.3 is 10.4 Å². The Hall–Kier alpha value is -0.170. The highest BCUT2D eigenvalue weighted by molar-refractivity contribution is 7.91. The number of nitrogens with zero attached hydrogens (tertiary/aromatic N) is 1. The lowest BCUT2D eigenvalue weighted by atomic mass is 9.98. The Labute approximate surface area is 109 Å². The van der Waals surface area contributed by atoms with Gasteiger partial charge in [0.25, 0.3) is 0 Å². The molecule has 6 heteroatoms. The van der Waals surface area contributed by atoms with Gasteiger partial charge in [-0.3, -0.25) is 4.90 Å². The lowest BCUT2D eigenvalue weighted by molar-refractivity contribution is 0.147. The van der Waals surface area contributed by atoms with Crippen LogP contribution in [0.2, 0.25) is 0 Å². The first kappa shape index (κ1) is 14.2. The van der Waals surface area contributed by atoms with Crippen LogP contribution in [-0.2, 0) is 9.84 Å². The second-order valence-corrected chi connectivity index (χ2v) is 7.86. The molecule has 1 heterocycles. The zero-order valence-electron chi connectivity index (χ0n) is 11.1. The summed E-state index contributed by atoms with van der Waals surface area (Å²) in [5, 5.41) is 13.0. The predicted molar refractivity (Wildman–Crippen MR) is 71.4 cm³/mol. The highest BCUT2D eigenvalue weighted by Crippen LogP contribution is 2.33. The van der Waals surface area contributed by atoms with Crippen molar-refractivity contribution >= 4 is 9.84 Å². The van der Waals surface area contributed by atoms with Gasteiger partial charge in [-0.25, -0.2) is 8.42 Å². The standard InChI is InChI=1S/C12H24N2O3S/c1-2-13-12(10-15)4-3-11(9-12)14-5-7-18(16,17)8-6-14/h11,13,15H,2-10H2,1H3. The van der Waals surface area contributed by atoms with E-state index in [9.17, 15) is 13.5 Å². The van der Waals surface area contributed by atoms with Crippen LogP contribution in [0.25, 0.3) is 0 Å². The van der Waals surface area contributed by atoms with Gasteiger partial charge in [-0.05, 0) is 25.8 Å². The van der Waals surface area contributed by atoms with Crippen molar-refractivity contribution < 1.29 is 13.5 Å². The highest BCUT2D eigenvalue weighted by atomic mass is 32.2. The minimum absolute atomic E-state index is 0.143. The third kappa shape index (κ3) is 3.04. The monoisotopic (exact) mass is 276 g/mol. The first-order valence-corrected chi connectivity index (χ1v) is 8.63. The summed E-state index contributed by atoms with van der Waals surface area (Å²) in [5.41, 5.74) is -0.143. The molecule has 1 aliphatic heterocycles. The summed E-state index contributed by atoms with van der Waals surface area (Å²) in [7, 11) is -2.80. The van der Waals surface area contributed by atoms with Crippen LogP contribution in [0.3, 0.4) is 0 Å². The van der Waals surface area contributed by atoms with Gasteiger partial charge in [0.1, 0.15) is 0 Å². The van der Waals surface area contributed by atoms with Crippen LogP contribution in [0, 0.1) is 0 Å². The second kappa shape index (κ2) is 5.45. The van der Waals surface area contributed by atoms with Crippen LogP contribution >= 0.6 is 0 Å². The quantitative estimate of drug-likeness (QED) is 0.732. The van der Waals surface area contributed by atoms with E-state index in [1.54, 1.807) is 0 Å². The Morgan fingerprint density at radius 1 is 1.39 bits per heavy atom. The van der Waals surface area contributed by atoms with Gasteiger partial charge in [-0.2, -0.15) is 0 Å². The van der Waals surface area contributed by atoms with Gasteiger partial charge in [0, 0.05) is 24.7 Å². The van der Waals surface area contributed by atoms with Crippen molar-refractivity contribution in [3.05, 3.63) is 0 Å². The maximum Gasteiger partial charge on any atom is 0.152 e. The molecule has 2 N–H and O–H groups in total. The topological polar surface area (TPSA) is 69.6 Å². The van der Waals surface area contributed by atoms with Crippen LogP contribution < -0.4 is 5.32 Å². The fourth-order valence-corrected chi connectivity index (χ4v) is 4.47. The fraction of sp³-hybridized carbons (Fsp3) is 1.00. The number of hydrogen-bond donors (Lipinski definition) is 2. The van der Waals surface area contributed by atoms with Crippen LogP contribution in [0.1, 0.15) is 26.2 Å². The molecule has 1 saturated heterocycles. The molecule has 106 valence electrons. The molecule has 0 bridgehead atoms. The van der Waals surface area contributed by atoms with E-state index in [4.69, 9.17) is 0 Å². The van der Waals surface area contributed by atoms with E-state index in [0.717, 1.165) is 25.8 Å². The van der Waals surface area contributed by atoms with Crippen LogP contribution in [0.5, 0.6) is 0 Å². The van der Waals surface area contributed by atoms with E-state index in [1.165, 1.54) is 0 Å². The Morgan fingerprint density at radius 2 is 2.06 bits per heavy atom. The normalized spacial score (nSPS) is 36.9. The maximum atomic E-state index is 11.4. The van der Waals surface area contributed by atoms with E-state index >= 15 is 0 Å². The fourth-order valence-electron chi connectivity index (χ4n) is 3.24. The molecule has 5 nitrogen and oxygen atoms in total. The molecule has 2 unspecified atom stereocenters. The van der Waals surface area contributed by atoms with Crippen molar-refractivity contribution in [2.45, 2.75) is 37.8 Å². The highest BCUT2D eigenvalue weighted by Gasteiger charge is 2.41. The molecule has 0 aromatic rings. The van der Waals surface area contributed by atoms with Crippen LogP contribution in [0.4, 0.5) is 0 Å². The average molecular weight is 276 g/mol. The summed E-state index contributed by atoms with van der Waals surface area (Å²) < 4.78 is 22.8. The zero-order chi connectivity index (χ0) is 13.2. The van der Waals surface area contributed by atoms with Crippen molar-refractivity contribution in [1.29, 1.82) is 0 Å². The molecule has 2 fully saturated rings. The first-order valence-electron chi connectivity index (χ1n) is 6.81. The van der Waals surface area contributed by atoms with E-state index < -0.39 is 9.84 Å². The molecular weight excluding hydrogens is 252 g/mol. The summed E-state index contributed by atoms with van der Waals surface area (Å²) >= 11 is 0. The zero-order valence-corrected chi connectivity index (χ0v) is 11.9. The van der Waals surface area contributed by atoms with Gasteiger partial charge in [-0.15, -0.1) is 0 Å². The summed E-state index contributed by atoms with van der Waals surface area (Å²) in [6.45, 7) is 4.39. The predicted octanol–water partition coefficient (Wildman–Crippen LogP) is -0.390. The van der Waals surface area contributed by atoms with Crippen molar-refractivity contribution in [2.24, 2.45) is 0 Å². The molecule has 0 radical (unpaired) electrons.